The molecule has 0 spiro atoms. The summed E-state index contributed by atoms with van der Waals surface area (Å²) in [6, 6.07) is 25.1. The van der Waals surface area contributed by atoms with E-state index in [1.807, 2.05) is 31.2 Å². The smallest absolute Gasteiger partial charge is 0.164 e. The second-order valence-electron chi connectivity index (χ2n) is 8.14. The second kappa shape index (κ2) is 10.2. The second-order valence-corrected chi connectivity index (χ2v) is 8.14. The molecule has 0 saturated heterocycles. The molecule has 0 aliphatic heterocycles. The van der Waals surface area contributed by atoms with Crippen LogP contribution in [-0.2, 0) is 11.3 Å². The molecule has 1 N–H and O–H groups in total. The maximum Gasteiger partial charge on any atom is 0.164 e. The Labute approximate surface area is 200 Å². The number of nitrogens with one attached hydrogen (secondary N) is 1. The van der Waals surface area contributed by atoms with Crippen LogP contribution in [0.3, 0.4) is 0 Å². The van der Waals surface area contributed by atoms with E-state index >= 15 is 0 Å². The number of rotatable bonds is 7. The summed E-state index contributed by atoms with van der Waals surface area (Å²) in [7, 11) is 1.60. The van der Waals surface area contributed by atoms with Gasteiger partial charge in [0.25, 0.3) is 0 Å². The maximum absolute atomic E-state index is 9.59. The van der Waals surface area contributed by atoms with Crippen LogP contribution in [0.1, 0.15) is 33.8 Å². The average Bonchev–Trinajstić information content (AvgIpc) is 3.12. The number of hydrogen-bond donors (Lipinski definition) is 1. The van der Waals surface area contributed by atoms with Gasteiger partial charge in [0.1, 0.15) is 11.6 Å². The minimum absolute atomic E-state index is 0.342. The highest BCUT2D eigenvalue weighted by molar-refractivity contribution is 5.83. The van der Waals surface area contributed by atoms with E-state index in [9.17, 15) is 5.26 Å². The van der Waals surface area contributed by atoms with E-state index in [1.165, 1.54) is 11.1 Å². The van der Waals surface area contributed by atoms with Crippen molar-refractivity contribution >= 4 is 12.0 Å². The third-order valence-electron chi connectivity index (χ3n) is 5.72. The molecular weight excluding hydrogens is 422 g/mol. The van der Waals surface area contributed by atoms with Gasteiger partial charge < -0.3 is 9.30 Å². The van der Waals surface area contributed by atoms with Crippen molar-refractivity contribution in [3.63, 3.8) is 0 Å². The van der Waals surface area contributed by atoms with E-state index < -0.39 is 0 Å². The normalized spacial score (nSPS) is 11.0. The molecule has 2 heterocycles. The number of aryl methyl sites for hydroxylation is 2. The maximum atomic E-state index is 9.59. The average molecular weight is 450 g/mol. The topological polar surface area (TPSA) is 75.2 Å². The summed E-state index contributed by atoms with van der Waals surface area (Å²) in [5.74, 6) is 0.427. The van der Waals surface area contributed by atoms with E-state index in [0.29, 0.717) is 18.0 Å². The van der Waals surface area contributed by atoms with Crippen molar-refractivity contribution in [1.82, 2.24) is 9.55 Å². The van der Waals surface area contributed by atoms with Gasteiger partial charge >= 0.3 is 0 Å². The van der Waals surface area contributed by atoms with Crippen molar-refractivity contribution in [2.75, 3.05) is 12.5 Å². The first-order valence-electron chi connectivity index (χ1n) is 11.0. The fourth-order valence-electron chi connectivity index (χ4n) is 4.13. The van der Waals surface area contributed by atoms with Gasteiger partial charge in [-0.2, -0.15) is 10.4 Å². The highest BCUT2D eigenvalue weighted by atomic mass is 16.5. The zero-order valence-corrected chi connectivity index (χ0v) is 19.8. The third-order valence-corrected chi connectivity index (χ3v) is 5.72. The number of hydrazone groups is 1. The first-order chi connectivity index (χ1) is 16.5. The summed E-state index contributed by atoms with van der Waals surface area (Å²) in [4.78, 5) is 4.44. The Morgan fingerprint density at radius 2 is 1.74 bits per heavy atom. The number of anilines is 1. The van der Waals surface area contributed by atoms with E-state index in [0.717, 1.165) is 33.9 Å². The summed E-state index contributed by atoms with van der Waals surface area (Å²) < 4.78 is 7.42. The molecule has 4 rings (SSSR count). The molecule has 2 aromatic heterocycles. The molecule has 0 atom stereocenters. The molecule has 170 valence electrons. The van der Waals surface area contributed by atoms with E-state index in [2.05, 4.69) is 82.5 Å². The summed E-state index contributed by atoms with van der Waals surface area (Å²) in [5, 5.41) is 14.0. The fourth-order valence-corrected chi connectivity index (χ4v) is 4.13. The highest BCUT2D eigenvalue weighted by Crippen LogP contribution is 2.24. The first kappa shape index (κ1) is 23.0. The molecule has 0 aliphatic rings. The number of benzene rings is 2. The number of hydrogen-bond acceptors (Lipinski definition) is 5. The van der Waals surface area contributed by atoms with Crippen LogP contribution < -0.4 is 5.43 Å². The van der Waals surface area contributed by atoms with Crippen LogP contribution in [0.2, 0.25) is 0 Å². The highest BCUT2D eigenvalue weighted by Gasteiger charge is 2.12. The first-order valence-corrected chi connectivity index (χ1v) is 11.0. The molecule has 0 fully saturated rings. The van der Waals surface area contributed by atoms with Gasteiger partial charge in [0.15, 0.2) is 5.82 Å². The fraction of sp³-hybridized carbons (Fsp3) is 0.179. The van der Waals surface area contributed by atoms with Crippen LogP contribution in [0.5, 0.6) is 0 Å². The Morgan fingerprint density at radius 3 is 2.41 bits per heavy atom. The molecule has 2 aromatic carbocycles. The molecule has 4 aromatic rings. The van der Waals surface area contributed by atoms with Gasteiger partial charge in [-0.05, 0) is 56.2 Å². The van der Waals surface area contributed by atoms with Crippen molar-refractivity contribution < 1.29 is 4.74 Å². The van der Waals surface area contributed by atoms with Crippen LogP contribution >= 0.6 is 0 Å². The predicted octanol–water partition coefficient (Wildman–Crippen LogP) is 5.93. The van der Waals surface area contributed by atoms with Gasteiger partial charge in [0, 0.05) is 41.0 Å². The van der Waals surface area contributed by atoms with Gasteiger partial charge in [-0.3, -0.25) is 5.43 Å². The molecule has 0 radical (unpaired) electrons. The summed E-state index contributed by atoms with van der Waals surface area (Å²) in [6.45, 7) is 6.37. The Kier molecular flexibility index (Phi) is 6.86. The molecule has 34 heavy (non-hydrogen) atoms. The van der Waals surface area contributed by atoms with Crippen molar-refractivity contribution in [1.29, 1.82) is 5.26 Å². The lowest BCUT2D eigenvalue weighted by Gasteiger charge is -2.11. The van der Waals surface area contributed by atoms with Crippen LogP contribution in [0.25, 0.3) is 16.8 Å². The standard InChI is InChI=1S/C28H27N5O/c1-19-14-25(18-34-4)27(16-29)28(31-19)32-30-17-24-15-20(2)33(21(24)3)26-12-10-23(11-13-26)22-8-6-5-7-9-22/h5-15,17H,18H2,1-4H3,(H,31,32)/b30-17+. The lowest BCUT2D eigenvalue weighted by atomic mass is 10.1. The Hall–Kier alpha value is -4.21. The van der Waals surface area contributed by atoms with Crippen LogP contribution in [0.15, 0.2) is 71.8 Å². The van der Waals surface area contributed by atoms with Crippen molar-refractivity contribution in [2.24, 2.45) is 5.10 Å². The van der Waals surface area contributed by atoms with Gasteiger partial charge in [0.05, 0.1) is 12.8 Å². The van der Waals surface area contributed by atoms with E-state index in [4.69, 9.17) is 4.74 Å². The van der Waals surface area contributed by atoms with E-state index in [-0.39, 0.29) is 0 Å². The number of nitriles is 1. The van der Waals surface area contributed by atoms with Crippen molar-refractivity contribution in [2.45, 2.75) is 27.4 Å². The molecule has 0 unspecified atom stereocenters. The number of ether oxygens (including phenoxy) is 1. The zero-order valence-electron chi connectivity index (χ0n) is 19.8. The predicted molar refractivity (Wildman–Crippen MR) is 136 cm³/mol. The molecule has 0 saturated carbocycles. The van der Waals surface area contributed by atoms with Gasteiger partial charge in [-0.25, -0.2) is 4.98 Å². The monoisotopic (exact) mass is 449 g/mol. The summed E-state index contributed by atoms with van der Waals surface area (Å²) in [5.41, 5.74) is 11.6. The molecular formula is C28H27N5O. The number of nitrogens with zero attached hydrogens (tertiary/aromatic N) is 4. The van der Waals surface area contributed by atoms with Gasteiger partial charge in [-0.15, -0.1) is 0 Å². The molecule has 6 nitrogen and oxygen atoms in total. The quantitative estimate of drug-likeness (QED) is 0.280. The Balaban J connectivity index is 1.57. The molecule has 0 amide bonds. The van der Waals surface area contributed by atoms with Gasteiger partial charge in [0.2, 0.25) is 0 Å². The van der Waals surface area contributed by atoms with E-state index in [1.54, 1.807) is 13.3 Å². The molecule has 0 bridgehead atoms. The zero-order chi connectivity index (χ0) is 24.1. The van der Waals surface area contributed by atoms with Crippen molar-refractivity contribution in [3.8, 4) is 22.9 Å². The lowest BCUT2D eigenvalue weighted by Crippen LogP contribution is -2.04. The minimum Gasteiger partial charge on any atom is -0.380 e. The third kappa shape index (κ3) is 4.75. The van der Waals surface area contributed by atoms with Crippen molar-refractivity contribution in [3.05, 3.63) is 101 Å². The van der Waals surface area contributed by atoms with Crippen LogP contribution in [0, 0.1) is 32.1 Å². The van der Waals surface area contributed by atoms with Crippen LogP contribution in [0.4, 0.5) is 5.82 Å². The Bertz CT molecular complexity index is 1360. The summed E-state index contributed by atoms with van der Waals surface area (Å²) >= 11 is 0. The largest absolute Gasteiger partial charge is 0.380 e. The number of pyridine rings is 1. The number of aromatic nitrogens is 2. The Morgan fingerprint density at radius 1 is 1.03 bits per heavy atom. The van der Waals surface area contributed by atoms with Crippen LogP contribution in [-0.4, -0.2) is 22.9 Å². The summed E-state index contributed by atoms with van der Waals surface area (Å²) in [6.07, 6.45) is 1.76. The lowest BCUT2D eigenvalue weighted by molar-refractivity contribution is 0.184. The van der Waals surface area contributed by atoms with Gasteiger partial charge in [-0.1, -0.05) is 42.5 Å². The minimum atomic E-state index is 0.342. The number of methoxy groups -OCH3 is 1. The molecule has 0 aliphatic carbocycles. The molecule has 6 heteroatoms. The SMILES string of the molecule is COCc1cc(C)nc(N/N=C/c2cc(C)n(-c3ccc(-c4ccccc4)cc3)c2C)c1C#N.